The number of nitrogens with one attached hydrogen (secondary N) is 1. The molecule has 0 radical (unpaired) electrons. The molecule has 29 heavy (non-hydrogen) atoms. The Morgan fingerprint density at radius 3 is 2.59 bits per heavy atom. The highest BCUT2D eigenvalue weighted by Gasteiger charge is 2.62. The number of likely N-dealkylation sites (tertiary alicyclic amines) is 1. The van der Waals surface area contributed by atoms with Crippen molar-refractivity contribution in [1.82, 2.24) is 25.1 Å². The van der Waals surface area contributed by atoms with Gasteiger partial charge < -0.3 is 10.1 Å². The summed E-state index contributed by atoms with van der Waals surface area (Å²) in [4.78, 5) is 38.9. The fourth-order valence-corrected chi connectivity index (χ4v) is 4.64. The summed E-state index contributed by atoms with van der Waals surface area (Å²) in [6.07, 6.45) is 1.42. The van der Waals surface area contributed by atoms with Crippen molar-refractivity contribution in [3.8, 4) is 11.4 Å². The van der Waals surface area contributed by atoms with Gasteiger partial charge in [0.25, 0.3) is 0 Å². The number of aromatic nitrogens is 4. The molecule has 10 nitrogen and oxygen atoms in total. The fraction of sp³-hybridized carbons (Fsp3) is 0.474. The summed E-state index contributed by atoms with van der Waals surface area (Å²) < 4.78 is 7.26. The molecular formula is C19H20N6O4. The van der Waals surface area contributed by atoms with E-state index in [9.17, 15) is 14.4 Å². The lowest BCUT2D eigenvalue weighted by molar-refractivity contribution is -0.142. The van der Waals surface area contributed by atoms with Crippen molar-refractivity contribution < 1.29 is 19.1 Å². The average molecular weight is 396 g/mol. The van der Waals surface area contributed by atoms with Crippen LogP contribution in [0.15, 0.2) is 24.3 Å². The average Bonchev–Trinajstić information content (AvgIpc) is 3.46. The zero-order chi connectivity index (χ0) is 20.1. The van der Waals surface area contributed by atoms with Crippen molar-refractivity contribution in [2.75, 3.05) is 11.9 Å². The second-order valence-electron chi connectivity index (χ2n) is 7.68. The molecule has 4 heterocycles. The van der Waals surface area contributed by atoms with Crippen LogP contribution in [0, 0.1) is 11.8 Å². The Kier molecular flexibility index (Phi) is 4.16. The molecule has 10 heteroatoms. The number of anilines is 1. The van der Waals surface area contributed by atoms with Gasteiger partial charge in [-0.3, -0.25) is 19.3 Å². The maximum Gasteiger partial charge on any atom is 0.235 e. The van der Waals surface area contributed by atoms with Gasteiger partial charge in [0.05, 0.1) is 24.0 Å². The van der Waals surface area contributed by atoms with Crippen LogP contribution in [0.5, 0.6) is 0 Å². The predicted octanol–water partition coefficient (Wildman–Crippen LogP) is 0.368. The third-order valence-corrected chi connectivity index (χ3v) is 5.96. The second kappa shape index (κ2) is 6.73. The number of ether oxygens (including phenoxy) is 1. The molecular weight excluding hydrogens is 376 g/mol. The Balaban J connectivity index is 1.22. The Bertz CT molecular complexity index is 976. The summed E-state index contributed by atoms with van der Waals surface area (Å²) >= 11 is 0. The van der Waals surface area contributed by atoms with Crippen LogP contribution in [0.1, 0.15) is 19.3 Å². The number of rotatable bonds is 5. The van der Waals surface area contributed by atoms with Crippen molar-refractivity contribution in [2.45, 2.75) is 31.5 Å². The number of hydrogen-bond acceptors (Lipinski definition) is 7. The third-order valence-electron chi connectivity index (χ3n) is 5.96. The van der Waals surface area contributed by atoms with Gasteiger partial charge in [0.15, 0.2) is 5.82 Å². The van der Waals surface area contributed by atoms with Gasteiger partial charge in [-0.05, 0) is 35.4 Å². The first-order valence-electron chi connectivity index (χ1n) is 9.66. The molecule has 2 bridgehead atoms. The molecule has 3 amide bonds. The summed E-state index contributed by atoms with van der Waals surface area (Å²) in [5.41, 5.74) is 1.36. The standard InChI is InChI=1S/C19H20N6O4/c1-24-17(21-22-23-24)10-3-2-4-11(9-10)20-14(26)7-8-25-18(27)15-12-5-6-13(29-12)16(15)19(25)28/h2-4,9,12-13,15-16H,5-8H2,1H3,(H,20,26). The topological polar surface area (TPSA) is 119 Å². The van der Waals surface area contributed by atoms with Crippen LogP contribution >= 0.6 is 0 Å². The number of aryl methyl sites for hydroxylation is 1. The van der Waals surface area contributed by atoms with E-state index >= 15 is 0 Å². The van der Waals surface area contributed by atoms with Crippen LogP contribution in [0.3, 0.4) is 0 Å². The summed E-state index contributed by atoms with van der Waals surface area (Å²) in [7, 11) is 1.73. The van der Waals surface area contributed by atoms with Gasteiger partial charge in [-0.15, -0.1) is 5.10 Å². The summed E-state index contributed by atoms with van der Waals surface area (Å²) in [6.45, 7) is 0.0861. The van der Waals surface area contributed by atoms with E-state index < -0.39 is 0 Å². The Hall–Kier alpha value is -3.14. The molecule has 3 aliphatic rings. The number of imide groups is 1. The molecule has 4 unspecified atom stereocenters. The highest BCUT2D eigenvalue weighted by Crippen LogP contribution is 2.48. The summed E-state index contributed by atoms with van der Waals surface area (Å²) in [5, 5.41) is 14.2. The summed E-state index contributed by atoms with van der Waals surface area (Å²) in [6, 6.07) is 7.17. The largest absolute Gasteiger partial charge is 0.373 e. The highest BCUT2D eigenvalue weighted by molar-refractivity contribution is 6.06. The number of nitrogens with zero attached hydrogens (tertiary/aromatic N) is 5. The molecule has 3 fully saturated rings. The van der Waals surface area contributed by atoms with Gasteiger partial charge >= 0.3 is 0 Å². The van der Waals surface area contributed by atoms with Crippen LogP contribution in [-0.2, 0) is 26.2 Å². The number of benzene rings is 1. The number of hydrogen-bond donors (Lipinski definition) is 1. The minimum Gasteiger partial charge on any atom is -0.373 e. The Labute approximate surface area is 166 Å². The SMILES string of the molecule is Cn1nnnc1-c1cccc(NC(=O)CCN2C(=O)C3C4CCC(O4)C3C2=O)c1. The zero-order valence-corrected chi connectivity index (χ0v) is 15.8. The molecule has 1 aromatic carbocycles. The molecule has 1 N–H and O–H groups in total. The normalized spacial score (nSPS) is 27.6. The lowest BCUT2D eigenvalue weighted by atomic mass is 9.81. The minimum absolute atomic E-state index is 0.0445. The van der Waals surface area contributed by atoms with Gasteiger partial charge in [-0.25, -0.2) is 4.68 Å². The van der Waals surface area contributed by atoms with Gasteiger partial charge in [-0.1, -0.05) is 12.1 Å². The van der Waals surface area contributed by atoms with Gasteiger partial charge in [0.2, 0.25) is 17.7 Å². The highest BCUT2D eigenvalue weighted by atomic mass is 16.5. The van der Waals surface area contributed by atoms with E-state index in [2.05, 4.69) is 20.8 Å². The van der Waals surface area contributed by atoms with Crippen LogP contribution < -0.4 is 5.32 Å². The molecule has 0 spiro atoms. The van der Waals surface area contributed by atoms with Gasteiger partial charge in [0.1, 0.15) is 0 Å². The zero-order valence-electron chi connectivity index (χ0n) is 15.8. The van der Waals surface area contributed by atoms with Gasteiger partial charge in [0, 0.05) is 31.3 Å². The molecule has 0 aliphatic carbocycles. The number of amides is 3. The summed E-state index contributed by atoms with van der Waals surface area (Å²) in [5.74, 6) is -0.802. The lowest BCUT2D eigenvalue weighted by Gasteiger charge is -2.17. The first-order chi connectivity index (χ1) is 14.0. The van der Waals surface area contributed by atoms with Crippen molar-refractivity contribution in [3.63, 3.8) is 0 Å². The van der Waals surface area contributed by atoms with Gasteiger partial charge in [-0.2, -0.15) is 0 Å². The van der Waals surface area contributed by atoms with E-state index in [4.69, 9.17) is 4.74 Å². The first kappa shape index (κ1) is 17.9. The van der Waals surface area contributed by atoms with E-state index in [-0.39, 0.29) is 54.7 Å². The Morgan fingerprint density at radius 2 is 1.93 bits per heavy atom. The number of tetrazole rings is 1. The van der Waals surface area contributed by atoms with Crippen LogP contribution in [0.2, 0.25) is 0 Å². The molecule has 4 atom stereocenters. The van der Waals surface area contributed by atoms with E-state index in [0.717, 1.165) is 18.4 Å². The maximum absolute atomic E-state index is 12.6. The molecule has 3 saturated heterocycles. The third kappa shape index (κ3) is 2.91. The smallest absolute Gasteiger partial charge is 0.235 e. The van der Waals surface area contributed by atoms with Crippen LogP contribution in [0.4, 0.5) is 5.69 Å². The number of carbonyl (C=O) groups is 3. The molecule has 0 saturated carbocycles. The lowest BCUT2D eigenvalue weighted by Crippen LogP contribution is -2.36. The van der Waals surface area contributed by atoms with Crippen LogP contribution in [0.25, 0.3) is 11.4 Å². The van der Waals surface area contributed by atoms with E-state index in [1.54, 1.807) is 29.9 Å². The van der Waals surface area contributed by atoms with Crippen molar-refractivity contribution in [1.29, 1.82) is 0 Å². The van der Waals surface area contributed by atoms with Crippen molar-refractivity contribution >= 4 is 23.4 Å². The molecule has 2 aromatic rings. The van der Waals surface area contributed by atoms with E-state index in [1.807, 2.05) is 6.07 Å². The number of fused-ring (bicyclic) bond motifs is 5. The fourth-order valence-electron chi connectivity index (χ4n) is 4.64. The molecule has 150 valence electrons. The number of carbonyl (C=O) groups excluding carboxylic acids is 3. The quantitative estimate of drug-likeness (QED) is 0.725. The van der Waals surface area contributed by atoms with E-state index in [1.165, 1.54) is 4.90 Å². The second-order valence-corrected chi connectivity index (χ2v) is 7.68. The predicted molar refractivity (Wildman–Crippen MR) is 99.1 cm³/mol. The first-order valence-corrected chi connectivity index (χ1v) is 9.66. The molecule has 3 aliphatic heterocycles. The monoisotopic (exact) mass is 396 g/mol. The molecule has 5 rings (SSSR count). The molecule has 1 aromatic heterocycles. The van der Waals surface area contributed by atoms with Crippen molar-refractivity contribution in [3.05, 3.63) is 24.3 Å². The minimum atomic E-state index is -0.360. The van der Waals surface area contributed by atoms with Crippen molar-refractivity contribution in [2.24, 2.45) is 18.9 Å². The maximum atomic E-state index is 12.6. The van der Waals surface area contributed by atoms with E-state index in [0.29, 0.717) is 11.5 Å². The Morgan fingerprint density at radius 1 is 1.21 bits per heavy atom. The van der Waals surface area contributed by atoms with Crippen LogP contribution in [-0.4, -0.2) is 61.6 Å².